The molecule has 1 amide bonds. The lowest BCUT2D eigenvalue weighted by atomic mass is 9.96. The third-order valence-electron chi connectivity index (χ3n) is 4.18. The number of aliphatic hydroxyl groups is 1. The monoisotopic (exact) mass is 325 g/mol. The van der Waals surface area contributed by atoms with Gasteiger partial charge >= 0.3 is 0 Å². The van der Waals surface area contributed by atoms with Crippen LogP contribution >= 0.6 is 0 Å². The van der Waals surface area contributed by atoms with Gasteiger partial charge in [-0.3, -0.25) is 4.79 Å². The van der Waals surface area contributed by atoms with Gasteiger partial charge in [0.15, 0.2) is 0 Å². The highest BCUT2D eigenvalue weighted by atomic mass is 16.3. The Kier molecular flexibility index (Phi) is 6.56. The molecule has 0 saturated heterocycles. The number of hydrogen-bond acceptors (Lipinski definition) is 2. The van der Waals surface area contributed by atoms with Crippen molar-refractivity contribution >= 4 is 5.91 Å². The van der Waals surface area contributed by atoms with Gasteiger partial charge in [0.05, 0.1) is 5.60 Å². The Balaban J connectivity index is 1.83. The molecule has 0 bridgehead atoms. The summed E-state index contributed by atoms with van der Waals surface area (Å²) >= 11 is 0. The molecule has 24 heavy (non-hydrogen) atoms. The molecule has 0 saturated carbocycles. The molecule has 128 valence electrons. The third-order valence-corrected chi connectivity index (χ3v) is 4.18. The van der Waals surface area contributed by atoms with Crippen molar-refractivity contribution < 1.29 is 9.90 Å². The highest BCUT2D eigenvalue weighted by Crippen LogP contribution is 2.14. The first-order chi connectivity index (χ1) is 11.5. The lowest BCUT2D eigenvalue weighted by Gasteiger charge is -2.23. The minimum atomic E-state index is -0.923. The number of hydrogen-bond donors (Lipinski definition) is 2. The first-order valence-electron chi connectivity index (χ1n) is 8.63. The van der Waals surface area contributed by atoms with E-state index in [4.69, 9.17) is 0 Å². The molecule has 2 aromatic carbocycles. The second-order valence-corrected chi connectivity index (χ2v) is 6.61. The summed E-state index contributed by atoms with van der Waals surface area (Å²) in [7, 11) is 0. The zero-order valence-electron chi connectivity index (χ0n) is 14.6. The summed E-state index contributed by atoms with van der Waals surface area (Å²) in [4.78, 5) is 12.2. The van der Waals surface area contributed by atoms with Crippen molar-refractivity contribution in [3.05, 3.63) is 71.3 Å². The van der Waals surface area contributed by atoms with Crippen molar-refractivity contribution in [3.63, 3.8) is 0 Å². The molecule has 3 nitrogen and oxygen atoms in total. The summed E-state index contributed by atoms with van der Waals surface area (Å²) in [6.45, 7) is 4.15. The van der Waals surface area contributed by atoms with Crippen LogP contribution in [0.3, 0.4) is 0 Å². The molecule has 2 N–H and O–H groups in total. The van der Waals surface area contributed by atoms with E-state index in [0.717, 1.165) is 19.3 Å². The average Bonchev–Trinajstić information content (AvgIpc) is 2.60. The molecule has 0 radical (unpaired) electrons. The quantitative estimate of drug-likeness (QED) is 0.776. The number of rotatable bonds is 8. The Morgan fingerprint density at radius 2 is 1.62 bits per heavy atom. The van der Waals surface area contributed by atoms with Gasteiger partial charge in [0, 0.05) is 12.1 Å². The number of amides is 1. The fourth-order valence-electron chi connectivity index (χ4n) is 2.63. The van der Waals surface area contributed by atoms with Crippen molar-refractivity contribution in [1.29, 1.82) is 0 Å². The van der Waals surface area contributed by atoms with E-state index in [-0.39, 0.29) is 12.5 Å². The second-order valence-electron chi connectivity index (χ2n) is 6.61. The Bertz CT molecular complexity index is 633. The van der Waals surface area contributed by atoms with E-state index in [9.17, 15) is 9.90 Å². The molecule has 0 aromatic heterocycles. The lowest BCUT2D eigenvalue weighted by Crippen LogP contribution is -2.41. The predicted octanol–water partition coefficient (Wildman–Crippen LogP) is 3.75. The van der Waals surface area contributed by atoms with Gasteiger partial charge in [0.1, 0.15) is 0 Å². The van der Waals surface area contributed by atoms with E-state index in [0.29, 0.717) is 12.0 Å². The third kappa shape index (κ3) is 5.82. The molecule has 2 aromatic rings. The standard InChI is InChI=1S/C21H27NO2/c1-3-7-17-10-12-19(13-11-17)20(23)22-16-21(2,24)15-14-18-8-5-4-6-9-18/h4-6,8-13,24H,3,7,14-16H2,1-2H3,(H,22,23). The molecule has 2 rings (SSSR count). The molecule has 1 atom stereocenters. The molecule has 0 fully saturated rings. The number of carbonyl (C=O) groups is 1. The van der Waals surface area contributed by atoms with Crippen molar-refractivity contribution in [2.75, 3.05) is 6.54 Å². The van der Waals surface area contributed by atoms with Crippen LogP contribution in [-0.2, 0) is 12.8 Å². The summed E-state index contributed by atoms with van der Waals surface area (Å²) in [5, 5.41) is 13.3. The van der Waals surface area contributed by atoms with E-state index < -0.39 is 5.60 Å². The molecule has 3 heteroatoms. The fraction of sp³-hybridized carbons (Fsp3) is 0.381. The van der Waals surface area contributed by atoms with E-state index in [1.807, 2.05) is 54.6 Å². The van der Waals surface area contributed by atoms with Gasteiger partial charge in [-0.25, -0.2) is 0 Å². The number of aryl methyl sites for hydroxylation is 2. The summed E-state index contributed by atoms with van der Waals surface area (Å²) in [6.07, 6.45) is 3.51. The lowest BCUT2D eigenvalue weighted by molar-refractivity contribution is 0.0478. The maximum absolute atomic E-state index is 12.2. The zero-order chi connectivity index (χ0) is 17.4. The minimum Gasteiger partial charge on any atom is -0.388 e. The molecular weight excluding hydrogens is 298 g/mol. The van der Waals surface area contributed by atoms with Gasteiger partial charge in [-0.2, -0.15) is 0 Å². The van der Waals surface area contributed by atoms with Crippen LogP contribution in [0, 0.1) is 0 Å². The Labute approximate surface area is 144 Å². The van der Waals surface area contributed by atoms with Crippen LogP contribution in [0.2, 0.25) is 0 Å². The number of carbonyl (C=O) groups excluding carboxylic acids is 1. The zero-order valence-corrected chi connectivity index (χ0v) is 14.6. The van der Waals surface area contributed by atoms with E-state index in [1.54, 1.807) is 6.92 Å². The maximum atomic E-state index is 12.2. The average molecular weight is 325 g/mol. The van der Waals surface area contributed by atoms with Gasteiger partial charge in [-0.1, -0.05) is 55.8 Å². The van der Waals surface area contributed by atoms with Gasteiger partial charge < -0.3 is 10.4 Å². The normalized spacial score (nSPS) is 13.3. The van der Waals surface area contributed by atoms with Crippen LogP contribution in [0.4, 0.5) is 0 Å². The molecule has 0 aliphatic heterocycles. The summed E-state index contributed by atoms with van der Waals surface area (Å²) in [5.41, 5.74) is 2.14. The topological polar surface area (TPSA) is 49.3 Å². The molecule has 0 spiro atoms. The molecule has 0 heterocycles. The van der Waals surface area contributed by atoms with Crippen molar-refractivity contribution in [2.24, 2.45) is 0 Å². The summed E-state index contributed by atoms with van der Waals surface area (Å²) in [6, 6.07) is 17.7. The van der Waals surface area contributed by atoms with E-state index >= 15 is 0 Å². The highest BCUT2D eigenvalue weighted by Gasteiger charge is 2.21. The van der Waals surface area contributed by atoms with Crippen LogP contribution in [0.5, 0.6) is 0 Å². The van der Waals surface area contributed by atoms with Crippen LogP contribution < -0.4 is 5.32 Å². The van der Waals surface area contributed by atoms with Gasteiger partial charge in [-0.05, 0) is 49.4 Å². The van der Waals surface area contributed by atoms with Crippen molar-refractivity contribution in [3.8, 4) is 0 Å². The fourth-order valence-corrected chi connectivity index (χ4v) is 2.63. The van der Waals surface area contributed by atoms with Crippen LogP contribution in [0.25, 0.3) is 0 Å². The molecule has 0 aliphatic rings. The SMILES string of the molecule is CCCc1ccc(C(=O)NCC(C)(O)CCc2ccccc2)cc1. The number of nitrogens with one attached hydrogen (secondary N) is 1. The smallest absolute Gasteiger partial charge is 0.251 e. The Hall–Kier alpha value is -2.13. The maximum Gasteiger partial charge on any atom is 0.251 e. The second kappa shape index (κ2) is 8.65. The van der Waals surface area contributed by atoms with Crippen molar-refractivity contribution in [1.82, 2.24) is 5.32 Å². The van der Waals surface area contributed by atoms with Gasteiger partial charge in [0.25, 0.3) is 5.91 Å². The first kappa shape index (κ1) is 18.2. The first-order valence-corrected chi connectivity index (χ1v) is 8.63. The minimum absolute atomic E-state index is 0.141. The Morgan fingerprint density at radius 1 is 1.00 bits per heavy atom. The van der Waals surface area contributed by atoms with Crippen LogP contribution in [0.15, 0.2) is 54.6 Å². The van der Waals surface area contributed by atoms with E-state index in [1.165, 1.54) is 11.1 Å². The van der Waals surface area contributed by atoms with Crippen molar-refractivity contribution in [2.45, 2.75) is 45.1 Å². The summed E-state index contributed by atoms with van der Waals surface area (Å²) < 4.78 is 0. The summed E-state index contributed by atoms with van der Waals surface area (Å²) in [5.74, 6) is -0.141. The highest BCUT2D eigenvalue weighted by molar-refractivity contribution is 5.94. The largest absolute Gasteiger partial charge is 0.388 e. The predicted molar refractivity (Wildman–Crippen MR) is 98.2 cm³/mol. The van der Waals surface area contributed by atoms with Crippen LogP contribution in [-0.4, -0.2) is 23.2 Å². The van der Waals surface area contributed by atoms with E-state index in [2.05, 4.69) is 12.2 Å². The van der Waals surface area contributed by atoms with Gasteiger partial charge in [0.2, 0.25) is 0 Å². The molecule has 1 unspecified atom stereocenters. The molecule has 0 aliphatic carbocycles. The Morgan fingerprint density at radius 3 is 2.25 bits per heavy atom. The van der Waals surface area contributed by atoms with Crippen LogP contribution in [0.1, 0.15) is 48.2 Å². The van der Waals surface area contributed by atoms with Gasteiger partial charge in [-0.15, -0.1) is 0 Å². The number of benzene rings is 2. The molecular formula is C21H27NO2.